The second-order valence-electron chi connectivity index (χ2n) is 4.91. The molecule has 0 aliphatic heterocycles. The molecule has 1 heterocycles. The van der Waals surface area contributed by atoms with Crippen LogP contribution in [0, 0.1) is 0 Å². The highest BCUT2D eigenvalue weighted by Crippen LogP contribution is 2.27. The lowest BCUT2D eigenvalue weighted by Gasteiger charge is -2.13. The average Bonchev–Trinajstić information content (AvgIpc) is 2.99. The molecule has 8 heteroatoms. The summed E-state index contributed by atoms with van der Waals surface area (Å²) in [5, 5.41) is 10.7. The van der Waals surface area contributed by atoms with Crippen LogP contribution in [0.2, 0.25) is 0 Å². The Labute approximate surface area is 159 Å². The van der Waals surface area contributed by atoms with E-state index in [1.165, 1.54) is 0 Å². The molecule has 0 saturated heterocycles. The summed E-state index contributed by atoms with van der Waals surface area (Å²) in [6.07, 6.45) is 1.77. The van der Waals surface area contributed by atoms with Crippen LogP contribution in [-0.2, 0) is 20.1 Å². The topological polar surface area (TPSA) is 72.7 Å². The number of rotatable bonds is 6. The highest BCUT2D eigenvalue weighted by atomic mass is 127. The van der Waals surface area contributed by atoms with Gasteiger partial charge in [-0.1, -0.05) is 6.07 Å². The van der Waals surface area contributed by atoms with Gasteiger partial charge in [-0.3, -0.25) is 9.67 Å². The molecule has 24 heavy (non-hydrogen) atoms. The number of aryl methyl sites for hydroxylation is 1. The molecule has 132 valence electrons. The number of benzene rings is 1. The van der Waals surface area contributed by atoms with Gasteiger partial charge in [-0.2, -0.15) is 5.10 Å². The van der Waals surface area contributed by atoms with Crippen molar-refractivity contribution in [2.24, 2.45) is 12.0 Å². The zero-order valence-electron chi connectivity index (χ0n) is 14.4. The minimum Gasteiger partial charge on any atom is -0.493 e. The number of halogens is 1. The molecule has 7 nitrogen and oxygen atoms in total. The van der Waals surface area contributed by atoms with E-state index in [1.807, 2.05) is 36.0 Å². The van der Waals surface area contributed by atoms with Crippen molar-refractivity contribution >= 4 is 29.9 Å². The molecular formula is C16H24IN5O2. The Bertz CT molecular complexity index is 672. The number of hydrogen-bond acceptors (Lipinski definition) is 4. The fraction of sp³-hybridized carbons (Fsp3) is 0.375. The Balaban J connectivity index is 0.00000288. The monoisotopic (exact) mass is 445 g/mol. The molecule has 0 fully saturated rings. The third-order valence-electron chi connectivity index (χ3n) is 3.49. The number of aromatic nitrogens is 2. The van der Waals surface area contributed by atoms with Crippen LogP contribution in [0.4, 0.5) is 0 Å². The second kappa shape index (κ2) is 10.0. The maximum atomic E-state index is 5.31. The van der Waals surface area contributed by atoms with Gasteiger partial charge in [0.2, 0.25) is 0 Å². The van der Waals surface area contributed by atoms with Crippen molar-refractivity contribution in [3.05, 3.63) is 41.7 Å². The predicted octanol–water partition coefficient (Wildman–Crippen LogP) is 1.92. The highest BCUT2D eigenvalue weighted by Gasteiger charge is 2.06. The minimum atomic E-state index is 0. The molecule has 2 N–H and O–H groups in total. The van der Waals surface area contributed by atoms with Crippen molar-refractivity contribution in [1.29, 1.82) is 0 Å². The van der Waals surface area contributed by atoms with Gasteiger partial charge in [-0.05, 0) is 23.8 Å². The third kappa shape index (κ3) is 5.29. The standard InChI is InChI=1S/C16H23N5O2.HI/c1-17-16(19-11-13-7-8-20-21(13)2)18-10-12-5-6-14(22-3)15(9-12)23-4;/h5-9H,10-11H2,1-4H3,(H2,17,18,19);1H. The van der Waals surface area contributed by atoms with Crippen molar-refractivity contribution in [3.8, 4) is 11.5 Å². The van der Waals surface area contributed by atoms with E-state index in [1.54, 1.807) is 27.5 Å². The molecule has 0 spiro atoms. The smallest absolute Gasteiger partial charge is 0.191 e. The molecule has 2 rings (SSSR count). The molecule has 0 atom stereocenters. The number of hydrogen-bond donors (Lipinski definition) is 2. The summed E-state index contributed by atoms with van der Waals surface area (Å²) in [6, 6.07) is 7.79. The van der Waals surface area contributed by atoms with Crippen LogP contribution in [0.25, 0.3) is 0 Å². The summed E-state index contributed by atoms with van der Waals surface area (Å²) in [5.41, 5.74) is 2.16. The first-order chi connectivity index (χ1) is 11.2. The molecule has 0 bridgehead atoms. The molecule has 1 aromatic heterocycles. The summed E-state index contributed by atoms with van der Waals surface area (Å²) >= 11 is 0. The van der Waals surface area contributed by atoms with Crippen molar-refractivity contribution in [2.45, 2.75) is 13.1 Å². The van der Waals surface area contributed by atoms with Crippen molar-refractivity contribution < 1.29 is 9.47 Å². The first-order valence-electron chi connectivity index (χ1n) is 7.30. The molecule has 0 aliphatic carbocycles. The van der Waals surface area contributed by atoms with E-state index in [0.717, 1.165) is 23.0 Å². The molecular weight excluding hydrogens is 421 g/mol. The number of nitrogens with one attached hydrogen (secondary N) is 2. The molecule has 2 aromatic rings. The van der Waals surface area contributed by atoms with Crippen LogP contribution in [-0.4, -0.2) is 37.0 Å². The SMILES string of the molecule is CN=C(NCc1ccc(OC)c(OC)c1)NCc1ccnn1C.I. The Morgan fingerprint density at radius 2 is 1.83 bits per heavy atom. The summed E-state index contributed by atoms with van der Waals surface area (Å²) in [6.45, 7) is 1.29. The molecule has 0 amide bonds. The Hall–Kier alpha value is -1.97. The number of nitrogens with zero attached hydrogens (tertiary/aromatic N) is 3. The van der Waals surface area contributed by atoms with Gasteiger partial charge in [0.05, 0.1) is 26.5 Å². The lowest BCUT2D eigenvalue weighted by molar-refractivity contribution is 0.354. The van der Waals surface area contributed by atoms with Crippen LogP contribution >= 0.6 is 24.0 Å². The van der Waals surface area contributed by atoms with E-state index in [2.05, 4.69) is 20.7 Å². The fourth-order valence-corrected chi connectivity index (χ4v) is 2.15. The summed E-state index contributed by atoms with van der Waals surface area (Å²) < 4.78 is 12.4. The Morgan fingerprint density at radius 1 is 1.12 bits per heavy atom. The zero-order chi connectivity index (χ0) is 16.7. The number of methoxy groups -OCH3 is 2. The van der Waals surface area contributed by atoms with Crippen LogP contribution < -0.4 is 20.1 Å². The maximum absolute atomic E-state index is 5.31. The van der Waals surface area contributed by atoms with E-state index >= 15 is 0 Å². The van der Waals surface area contributed by atoms with Gasteiger partial charge in [0.1, 0.15) is 0 Å². The van der Waals surface area contributed by atoms with Crippen LogP contribution in [0.1, 0.15) is 11.3 Å². The lowest BCUT2D eigenvalue weighted by Crippen LogP contribution is -2.36. The van der Waals surface area contributed by atoms with E-state index < -0.39 is 0 Å². The van der Waals surface area contributed by atoms with E-state index in [-0.39, 0.29) is 24.0 Å². The van der Waals surface area contributed by atoms with E-state index in [9.17, 15) is 0 Å². The van der Waals surface area contributed by atoms with Crippen molar-refractivity contribution in [3.63, 3.8) is 0 Å². The van der Waals surface area contributed by atoms with Gasteiger partial charge in [0, 0.05) is 26.8 Å². The van der Waals surface area contributed by atoms with Gasteiger partial charge in [-0.25, -0.2) is 0 Å². The molecule has 0 aliphatic rings. The average molecular weight is 445 g/mol. The zero-order valence-corrected chi connectivity index (χ0v) is 16.7. The van der Waals surface area contributed by atoms with Crippen LogP contribution in [0.3, 0.4) is 0 Å². The molecule has 0 saturated carbocycles. The van der Waals surface area contributed by atoms with Gasteiger partial charge in [0.25, 0.3) is 0 Å². The van der Waals surface area contributed by atoms with E-state index in [4.69, 9.17) is 9.47 Å². The molecule has 1 aromatic carbocycles. The normalized spacial score (nSPS) is 10.8. The third-order valence-corrected chi connectivity index (χ3v) is 3.49. The fourth-order valence-electron chi connectivity index (χ4n) is 2.15. The van der Waals surface area contributed by atoms with Gasteiger partial charge < -0.3 is 20.1 Å². The quantitative estimate of drug-likeness (QED) is 0.404. The summed E-state index contributed by atoms with van der Waals surface area (Å²) in [4.78, 5) is 4.22. The number of aliphatic imine (C=N–C) groups is 1. The van der Waals surface area contributed by atoms with Gasteiger partial charge >= 0.3 is 0 Å². The maximum Gasteiger partial charge on any atom is 0.191 e. The van der Waals surface area contributed by atoms with Crippen molar-refractivity contribution in [1.82, 2.24) is 20.4 Å². The van der Waals surface area contributed by atoms with Crippen molar-refractivity contribution in [2.75, 3.05) is 21.3 Å². The Kier molecular flexibility index (Phi) is 8.37. The molecule has 0 radical (unpaired) electrons. The van der Waals surface area contributed by atoms with E-state index in [0.29, 0.717) is 18.8 Å². The first-order valence-corrected chi connectivity index (χ1v) is 7.30. The number of ether oxygens (including phenoxy) is 2. The summed E-state index contributed by atoms with van der Waals surface area (Å²) in [7, 11) is 6.91. The summed E-state index contributed by atoms with van der Waals surface area (Å²) in [5.74, 6) is 2.15. The predicted molar refractivity (Wildman–Crippen MR) is 105 cm³/mol. The number of guanidine groups is 1. The molecule has 0 unspecified atom stereocenters. The lowest BCUT2D eigenvalue weighted by atomic mass is 10.2. The minimum absolute atomic E-state index is 0. The second-order valence-corrected chi connectivity index (χ2v) is 4.91. The highest BCUT2D eigenvalue weighted by molar-refractivity contribution is 14.0. The largest absolute Gasteiger partial charge is 0.493 e. The van der Waals surface area contributed by atoms with Crippen LogP contribution in [0.5, 0.6) is 11.5 Å². The first kappa shape index (κ1) is 20.1. The van der Waals surface area contributed by atoms with Crippen LogP contribution in [0.15, 0.2) is 35.5 Å². The Morgan fingerprint density at radius 3 is 2.42 bits per heavy atom. The van der Waals surface area contributed by atoms with Gasteiger partial charge in [0.15, 0.2) is 17.5 Å². The van der Waals surface area contributed by atoms with Gasteiger partial charge in [-0.15, -0.1) is 24.0 Å².